The third-order valence-corrected chi connectivity index (χ3v) is 6.12. The van der Waals surface area contributed by atoms with Gasteiger partial charge in [0.2, 0.25) is 5.91 Å². The quantitative estimate of drug-likeness (QED) is 0.571. The normalized spacial score (nSPS) is 16.1. The fourth-order valence-electron chi connectivity index (χ4n) is 3.63. The number of carbonyl (C=O) groups excluding carboxylic acids is 1. The van der Waals surface area contributed by atoms with E-state index < -0.39 is 17.8 Å². The van der Waals surface area contributed by atoms with Crippen molar-refractivity contribution in [1.82, 2.24) is 14.9 Å². The molecule has 0 spiro atoms. The van der Waals surface area contributed by atoms with Crippen LogP contribution in [-0.2, 0) is 11.0 Å². The topological polar surface area (TPSA) is 61.4 Å². The van der Waals surface area contributed by atoms with Gasteiger partial charge in [0.25, 0.3) is 0 Å². The molecule has 1 N–H and O–H groups in total. The van der Waals surface area contributed by atoms with E-state index in [0.29, 0.717) is 37.1 Å². The number of alkyl halides is 3. The van der Waals surface area contributed by atoms with Crippen molar-refractivity contribution < 1.29 is 18.0 Å². The number of piperazine rings is 1. The number of rotatable bonds is 5. The van der Waals surface area contributed by atoms with E-state index in [1.54, 1.807) is 11.6 Å². The zero-order valence-electron chi connectivity index (χ0n) is 16.7. The molecular formula is C21H19ClF3N5OS. The molecule has 1 aliphatic heterocycles. The molecule has 2 aromatic heterocycles. The average molecular weight is 482 g/mol. The molecule has 4 rings (SSSR count). The van der Waals surface area contributed by atoms with Crippen molar-refractivity contribution in [3.8, 4) is 0 Å². The van der Waals surface area contributed by atoms with Gasteiger partial charge in [-0.3, -0.25) is 9.69 Å². The van der Waals surface area contributed by atoms with E-state index >= 15 is 0 Å². The third-order valence-electron chi connectivity index (χ3n) is 5.15. The van der Waals surface area contributed by atoms with Gasteiger partial charge in [-0.2, -0.15) is 13.2 Å². The third kappa shape index (κ3) is 5.03. The van der Waals surface area contributed by atoms with E-state index in [-0.39, 0.29) is 10.9 Å². The lowest BCUT2D eigenvalue weighted by Gasteiger charge is -2.39. The molecule has 11 heteroatoms. The van der Waals surface area contributed by atoms with E-state index in [1.807, 2.05) is 40.1 Å². The van der Waals surface area contributed by atoms with Crippen LogP contribution in [0.3, 0.4) is 0 Å². The Labute approximate surface area is 191 Å². The van der Waals surface area contributed by atoms with Crippen LogP contribution in [0.15, 0.2) is 54.2 Å². The molecule has 0 bridgehead atoms. The van der Waals surface area contributed by atoms with Gasteiger partial charge in [-0.1, -0.05) is 41.9 Å². The highest BCUT2D eigenvalue weighted by atomic mass is 35.5. The van der Waals surface area contributed by atoms with Crippen LogP contribution >= 0.6 is 22.9 Å². The van der Waals surface area contributed by atoms with Crippen LogP contribution in [0.25, 0.3) is 0 Å². The zero-order chi connectivity index (χ0) is 22.7. The van der Waals surface area contributed by atoms with Crippen molar-refractivity contribution in [1.29, 1.82) is 0 Å². The molecular weight excluding hydrogens is 463 g/mol. The van der Waals surface area contributed by atoms with Crippen LogP contribution < -0.4 is 10.2 Å². The number of pyridine rings is 1. The predicted octanol–water partition coefficient (Wildman–Crippen LogP) is 4.71. The summed E-state index contributed by atoms with van der Waals surface area (Å²) in [4.78, 5) is 25.0. The van der Waals surface area contributed by atoms with Gasteiger partial charge in [-0.05, 0) is 11.6 Å². The first-order valence-electron chi connectivity index (χ1n) is 9.80. The summed E-state index contributed by atoms with van der Waals surface area (Å²) in [5.74, 6) is 0.119. The highest BCUT2D eigenvalue weighted by Gasteiger charge is 2.34. The minimum absolute atomic E-state index is 0.0469. The summed E-state index contributed by atoms with van der Waals surface area (Å²) in [7, 11) is 0. The number of aromatic nitrogens is 2. The first-order valence-corrected chi connectivity index (χ1v) is 11.1. The van der Waals surface area contributed by atoms with Gasteiger partial charge in [0, 0.05) is 44.0 Å². The summed E-state index contributed by atoms with van der Waals surface area (Å²) >= 11 is 7.45. The number of benzene rings is 1. The minimum Gasteiger partial charge on any atom is -0.353 e. The van der Waals surface area contributed by atoms with Crippen molar-refractivity contribution >= 4 is 39.8 Å². The van der Waals surface area contributed by atoms with Crippen molar-refractivity contribution in [2.75, 3.05) is 36.4 Å². The molecule has 0 radical (unpaired) electrons. The van der Waals surface area contributed by atoms with Crippen LogP contribution in [-0.4, -0.2) is 47.0 Å². The second-order valence-electron chi connectivity index (χ2n) is 7.19. The van der Waals surface area contributed by atoms with E-state index in [4.69, 9.17) is 11.6 Å². The Morgan fingerprint density at radius 3 is 2.44 bits per heavy atom. The molecule has 1 atom stereocenters. The molecule has 168 valence electrons. The number of hydrogen-bond donors (Lipinski definition) is 1. The van der Waals surface area contributed by atoms with Gasteiger partial charge in [0.1, 0.15) is 11.9 Å². The van der Waals surface area contributed by atoms with Gasteiger partial charge < -0.3 is 10.2 Å². The smallest absolute Gasteiger partial charge is 0.353 e. The lowest BCUT2D eigenvalue weighted by molar-refractivity contribution is -0.137. The lowest BCUT2D eigenvalue weighted by atomic mass is 10.0. The van der Waals surface area contributed by atoms with Crippen molar-refractivity contribution in [3.05, 3.63) is 70.3 Å². The Kier molecular flexibility index (Phi) is 6.63. The van der Waals surface area contributed by atoms with Gasteiger partial charge in [-0.15, -0.1) is 11.3 Å². The molecule has 0 unspecified atom stereocenters. The number of nitrogens with zero attached hydrogens (tertiary/aromatic N) is 4. The predicted molar refractivity (Wildman–Crippen MR) is 118 cm³/mol. The number of halogens is 4. The minimum atomic E-state index is -4.50. The number of thiazole rings is 1. The molecule has 1 fully saturated rings. The Morgan fingerprint density at radius 2 is 1.84 bits per heavy atom. The lowest BCUT2D eigenvalue weighted by Crippen LogP contribution is -2.50. The maximum atomic E-state index is 13.1. The summed E-state index contributed by atoms with van der Waals surface area (Å²) in [6, 6.07) is 9.79. The monoisotopic (exact) mass is 481 g/mol. The van der Waals surface area contributed by atoms with Gasteiger partial charge >= 0.3 is 6.18 Å². The largest absolute Gasteiger partial charge is 0.417 e. The standard InChI is InChI=1S/C21H19ClF3N5OS/c22-16-12-15(21(23,24)25)13-27-18(16)30-9-7-29(8-10-30)17(14-4-2-1-3-5-14)19(31)28-20-26-6-11-32-20/h1-6,11-13,17H,7-10H2,(H,26,28,31)/t17-/m1/s1. The molecule has 0 saturated carbocycles. The second-order valence-corrected chi connectivity index (χ2v) is 8.49. The maximum Gasteiger partial charge on any atom is 0.417 e. The number of carbonyl (C=O) groups is 1. The van der Waals surface area contributed by atoms with E-state index in [9.17, 15) is 18.0 Å². The van der Waals surface area contributed by atoms with Gasteiger partial charge in [-0.25, -0.2) is 9.97 Å². The summed E-state index contributed by atoms with van der Waals surface area (Å²) in [6.45, 7) is 1.94. The van der Waals surface area contributed by atoms with Crippen LogP contribution in [0.4, 0.5) is 24.1 Å². The number of hydrogen-bond acceptors (Lipinski definition) is 6. The Morgan fingerprint density at radius 1 is 1.12 bits per heavy atom. The molecule has 6 nitrogen and oxygen atoms in total. The second kappa shape index (κ2) is 9.43. The van der Waals surface area contributed by atoms with Crippen LogP contribution in [0, 0.1) is 0 Å². The van der Waals surface area contributed by atoms with Crippen molar-refractivity contribution in [2.24, 2.45) is 0 Å². The zero-order valence-corrected chi connectivity index (χ0v) is 18.3. The first-order chi connectivity index (χ1) is 15.3. The first kappa shape index (κ1) is 22.5. The number of amides is 1. The fourth-order valence-corrected chi connectivity index (χ4v) is 4.45. The molecule has 3 aromatic rings. The van der Waals surface area contributed by atoms with Crippen LogP contribution in [0.1, 0.15) is 17.2 Å². The highest BCUT2D eigenvalue weighted by molar-refractivity contribution is 7.13. The summed E-state index contributed by atoms with van der Waals surface area (Å²) in [5.41, 5.74) is -0.0337. The van der Waals surface area contributed by atoms with Crippen molar-refractivity contribution in [3.63, 3.8) is 0 Å². The van der Waals surface area contributed by atoms with E-state index in [2.05, 4.69) is 15.3 Å². The molecule has 1 aliphatic rings. The molecule has 1 amide bonds. The molecule has 1 aromatic carbocycles. The van der Waals surface area contributed by atoms with Crippen LogP contribution in [0.5, 0.6) is 0 Å². The highest BCUT2D eigenvalue weighted by Crippen LogP contribution is 2.34. The molecule has 0 aliphatic carbocycles. The molecule has 32 heavy (non-hydrogen) atoms. The Hall–Kier alpha value is -2.69. The maximum absolute atomic E-state index is 13.1. The number of nitrogens with one attached hydrogen (secondary N) is 1. The SMILES string of the molecule is O=C(Nc1nccs1)[C@@H](c1ccccc1)N1CCN(c2ncc(C(F)(F)F)cc2Cl)CC1. The van der Waals surface area contributed by atoms with Gasteiger partial charge in [0.15, 0.2) is 5.13 Å². The summed E-state index contributed by atoms with van der Waals surface area (Å²) in [5, 5.41) is 5.12. The van der Waals surface area contributed by atoms with E-state index in [1.165, 1.54) is 11.3 Å². The summed E-state index contributed by atoms with van der Waals surface area (Å²) in [6.07, 6.45) is -2.08. The Balaban J connectivity index is 1.49. The van der Waals surface area contributed by atoms with Crippen LogP contribution in [0.2, 0.25) is 5.02 Å². The van der Waals surface area contributed by atoms with E-state index in [0.717, 1.165) is 17.8 Å². The van der Waals surface area contributed by atoms with Crippen molar-refractivity contribution in [2.45, 2.75) is 12.2 Å². The number of anilines is 2. The molecule has 3 heterocycles. The van der Waals surface area contributed by atoms with Gasteiger partial charge in [0.05, 0.1) is 10.6 Å². The summed E-state index contributed by atoms with van der Waals surface area (Å²) < 4.78 is 38.7. The fraction of sp³-hybridized carbons (Fsp3) is 0.286. The molecule has 1 saturated heterocycles. The Bertz CT molecular complexity index is 1060. The average Bonchev–Trinajstić information content (AvgIpc) is 3.28.